The minimum Gasteiger partial charge on any atom is -0.493 e. The van der Waals surface area contributed by atoms with Gasteiger partial charge in [-0.1, -0.05) is 19.4 Å². The number of carbonyl (C=O) groups is 2. The Hall–Kier alpha value is -4.19. The molecule has 0 bridgehead atoms. The maximum absolute atomic E-state index is 13.1. The number of nitrogens with one attached hydrogen (secondary N) is 1. The highest BCUT2D eigenvalue weighted by atomic mass is 16.6. The molecule has 9 nitrogen and oxygen atoms in total. The first-order valence-corrected chi connectivity index (χ1v) is 12.3. The number of ether oxygens (including phenoxy) is 5. The molecule has 0 aliphatic rings. The number of carbonyl (C=O) groups excluding carboxylic acids is 2. The van der Waals surface area contributed by atoms with Crippen molar-refractivity contribution in [1.82, 2.24) is 5.32 Å². The van der Waals surface area contributed by atoms with E-state index in [9.17, 15) is 14.9 Å². The van der Waals surface area contributed by atoms with Crippen molar-refractivity contribution in [3.8, 4) is 34.8 Å². The van der Waals surface area contributed by atoms with E-state index >= 15 is 0 Å². The highest BCUT2D eigenvalue weighted by Crippen LogP contribution is 2.40. The number of rotatable bonds is 14. The van der Waals surface area contributed by atoms with Crippen LogP contribution in [0.25, 0.3) is 6.08 Å². The van der Waals surface area contributed by atoms with Gasteiger partial charge in [-0.2, -0.15) is 5.26 Å². The van der Waals surface area contributed by atoms with E-state index in [1.54, 1.807) is 24.3 Å². The van der Waals surface area contributed by atoms with Gasteiger partial charge in [0, 0.05) is 6.54 Å². The fourth-order valence-electron chi connectivity index (χ4n) is 3.31. The van der Waals surface area contributed by atoms with Gasteiger partial charge in [0.15, 0.2) is 23.0 Å². The van der Waals surface area contributed by atoms with Crippen LogP contribution < -0.4 is 29.0 Å². The van der Waals surface area contributed by atoms with E-state index in [0.717, 1.165) is 12.8 Å². The third kappa shape index (κ3) is 8.17. The van der Waals surface area contributed by atoms with Crippen molar-refractivity contribution in [3.05, 3.63) is 47.0 Å². The predicted octanol–water partition coefficient (Wildman–Crippen LogP) is 4.93. The second-order valence-corrected chi connectivity index (χ2v) is 7.68. The molecule has 0 aliphatic heterocycles. The van der Waals surface area contributed by atoms with Gasteiger partial charge in [0.1, 0.15) is 11.6 Å². The van der Waals surface area contributed by atoms with Crippen LogP contribution >= 0.6 is 0 Å². The molecular weight excluding hydrogens is 476 g/mol. The van der Waals surface area contributed by atoms with Crippen molar-refractivity contribution in [2.75, 3.05) is 33.5 Å². The highest BCUT2D eigenvalue weighted by molar-refractivity contribution is 6.01. The SMILES string of the molecule is CCCCNC(=O)/C(C#N)=C/c1ccc(OC(=O)c2cc(OCC)c(OCC)c(OCC)c2)c(OC)c1. The van der Waals surface area contributed by atoms with E-state index in [4.69, 9.17) is 23.7 Å². The average Bonchev–Trinajstić information content (AvgIpc) is 2.89. The molecule has 0 aromatic heterocycles. The molecule has 0 atom stereocenters. The molecule has 0 unspecified atom stereocenters. The van der Waals surface area contributed by atoms with Gasteiger partial charge in [-0.3, -0.25) is 4.79 Å². The van der Waals surface area contributed by atoms with E-state index < -0.39 is 11.9 Å². The summed E-state index contributed by atoms with van der Waals surface area (Å²) < 4.78 is 28.0. The third-order valence-electron chi connectivity index (χ3n) is 5.03. The van der Waals surface area contributed by atoms with Crippen LogP contribution in [-0.4, -0.2) is 45.4 Å². The quantitative estimate of drug-likeness (QED) is 0.125. The minimum absolute atomic E-state index is 0.0378. The molecule has 0 heterocycles. The first-order valence-electron chi connectivity index (χ1n) is 12.3. The van der Waals surface area contributed by atoms with Crippen LogP contribution in [0.3, 0.4) is 0 Å². The molecule has 9 heteroatoms. The smallest absolute Gasteiger partial charge is 0.343 e. The Kier molecular flexibility index (Phi) is 11.8. The molecule has 37 heavy (non-hydrogen) atoms. The fraction of sp³-hybridized carbons (Fsp3) is 0.393. The number of benzene rings is 2. The molecule has 0 radical (unpaired) electrons. The number of amides is 1. The van der Waals surface area contributed by atoms with Gasteiger partial charge < -0.3 is 29.0 Å². The zero-order chi connectivity index (χ0) is 27.2. The zero-order valence-corrected chi connectivity index (χ0v) is 22.0. The Bertz CT molecular complexity index is 1120. The van der Waals surface area contributed by atoms with Crippen LogP contribution in [0, 0.1) is 11.3 Å². The van der Waals surface area contributed by atoms with Crippen molar-refractivity contribution < 1.29 is 33.3 Å². The summed E-state index contributed by atoms with van der Waals surface area (Å²) in [5, 5.41) is 12.1. The number of esters is 1. The van der Waals surface area contributed by atoms with Crippen LogP contribution in [0.1, 0.15) is 56.5 Å². The fourth-order valence-corrected chi connectivity index (χ4v) is 3.31. The van der Waals surface area contributed by atoms with Crippen LogP contribution in [0.5, 0.6) is 28.7 Å². The summed E-state index contributed by atoms with van der Waals surface area (Å²) in [4.78, 5) is 25.3. The number of hydrogen-bond donors (Lipinski definition) is 1. The summed E-state index contributed by atoms with van der Waals surface area (Å²) in [6.07, 6.45) is 3.20. The lowest BCUT2D eigenvalue weighted by molar-refractivity contribution is -0.117. The molecule has 198 valence electrons. The lowest BCUT2D eigenvalue weighted by Gasteiger charge is -2.17. The average molecular weight is 511 g/mol. The van der Waals surface area contributed by atoms with Crippen LogP contribution in [-0.2, 0) is 4.79 Å². The first kappa shape index (κ1) is 29.0. The highest BCUT2D eigenvalue weighted by Gasteiger charge is 2.21. The minimum atomic E-state index is -0.653. The third-order valence-corrected chi connectivity index (χ3v) is 5.03. The van der Waals surface area contributed by atoms with Gasteiger partial charge in [-0.25, -0.2) is 4.79 Å². The summed E-state index contributed by atoms with van der Waals surface area (Å²) in [6, 6.07) is 9.73. The Morgan fingerprint density at radius 3 is 2.11 bits per heavy atom. The predicted molar refractivity (Wildman–Crippen MR) is 139 cm³/mol. The van der Waals surface area contributed by atoms with E-state index in [-0.39, 0.29) is 22.6 Å². The van der Waals surface area contributed by atoms with Gasteiger partial charge in [0.2, 0.25) is 5.75 Å². The number of hydrogen-bond acceptors (Lipinski definition) is 8. The molecule has 2 rings (SSSR count). The summed E-state index contributed by atoms with van der Waals surface area (Å²) >= 11 is 0. The largest absolute Gasteiger partial charge is 0.493 e. The molecule has 0 spiro atoms. The van der Waals surface area contributed by atoms with Crippen molar-refractivity contribution >= 4 is 18.0 Å². The molecule has 2 aromatic rings. The second kappa shape index (κ2) is 15.0. The second-order valence-electron chi connectivity index (χ2n) is 7.68. The van der Waals surface area contributed by atoms with Crippen LogP contribution in [0.2, 0.25) is 0 Å². The van der Waals surface area contributed by atoms with Crippen molar-refractivity contribution in [3.63, 3.8) is 0 Å². The van der Waals surface area contributed by atoms with Gasteiger partial charge in [-0.05, 0) is 63.1 Å². The lowest BCUT2D eigenvalue weighted by Crippen LogP contribution is -2.25. The van der Waals surface area contributed by atoms with Gasteiger partial charge in [0.25, 0.3) is 5.91 Å². The topological polar surface area (TPSA) is 116 Å². The summed E-state index contributed by atoms with van der Waals surface area (Å²) in [5.74, 6) is 0.484. The van der Waals surface area contributed by atoms with Gasteiger partial charge in [-0.15, -0.1) is 0 Å². The van der Waals surface area contributed by atoms with E-state index in [1.807, 2.05) is 33.8 Å². The standard InChI is InChI=1S/C28H34N2O7/c1-6-10-13-30-27(31)21(18-29)14-19-11-12-22(23(15-19)33-5)37-28(32)20-16-24(34-7-2)26(36-9-4)25(17-20)35-8-3/h11-12,14-17H,6-10,13H2,1-5H3,(H,30,31)/b21-14+. The Balaban J connectivity index is 2.33. The molecule has 0 fully saturated rings. The molecule has 0 saturated heterocycles. The van der Waals surface area contributed by atoms with Gasteiger partial charge in [0.05, 0.1) is 32.5 Å². The summed E-state index contributed by atoms with van der Waals surface area (Å²) in [7, 11) is 1.43. The Labute approximate surface area is 217 Å². The summed E-state index contributed by atoms with van der Waals surface area (Å²) in [5.41, 5.74) is 0.707. The summed E-state index contributed by atoms with van der Waals surface area (Å²) in [6.45, 7) is 9.15. The maximum atomic E-state index is 13.1. The monoisotopic (exact) mass is 510 g/mol. The first-order chi connectivity index (χ1) is 17.9. The van der Waals surface area contributed by atoms with Crippen molar-refractivity contribution in [2.24, 2.45) is 0 Å². The number of methoxy groups -OCH3 is 1. The molecule has 2 aromatic carbocycles. The number of unbranched alkanes of at least 4 members (excludes halogenated alkanes) is 1. The molecule has 0 saturated carbocycles. The normalized spacial score (nSPS) is 10.8. The number of nitriles is 1. The van der Waals surface area contributed by atoms with Crippen LogP contribution in [0.4, 0.5) is 0 Å². The molecule has 1 amide bonds. The van der Waals surface area contributed by atoms with E-state index in [2.05, 4.69) is 5.32 Å². The Morgan fingerprint density at radius 2 is 1.57 bits per heavy atom. The maximum Gasteiger partial charge on any atom is 0.343 e. The Morgan fingerprint density at radius 1 is 0.919 bits per heavy atom. The number of nitrogens with zero attached hydrogens (tertiary/aromatic N) is 1. The van der Waals surface area contributed by atoms with Gasteiger partial charge >= 0.3 is 5.97 Å². The van der Waals surface area contributed by atoms with E-state index in [1.165, 1.54) is 19.3 Å². The molecule has 0 aliphatic carbocycles. The lowest BCUT2D eigenvalue weighted by atomic mass is 10.1. The van der Waals surface area contributed by atoms with Crippen LogP contribution in [0.15, 0.2) is 35.9 Å². The van der Waals surface area contributed by atoms with E-state index in [0.29, 0.717) is 49.2 Å². The molecular formula is C28H34N2O7. The van der Waals surface area contributed by atoms with Crippen molar-refractivity contribution in [1.29, 1.82) is 5.26 Å². The molecule has 1 N–H and O–H groups in total. The van der Waals surface area contributed by atoms with Crippen molar-refractivity contribution in [2.45, 2.75) is 40.5 Å². The zero-order valence-electron chi connectivity index (χ0n) is 22.0.